The van der Waals surface area contributed by atoms with E-state index in [0.29, 0.717) is 18.4 Å². The van der Waals surface area contributed by atoms with Gasteiger partial charge in [0.25, 0.3) is 0 Å². The minimum absolute atomic E-state index is 0.414. The lowest BCUT2D eigenvalue weighted by atomic mass is 9.79. The standard InChI is InChI=1S/C26H36FNO/c1-2-20-6-12-23(13-7-20)24-14-8-22(9-15-24)19-29-26-16-10-21(11-17-26)4-3-5-25(27)18-28/h5-7,12-13,21-22,24,26H,2-4,8-11,14-17,19H2,1H3/t21-,22-,24-,26-. The van der Waals surface area contributed by atoms with Crippen molar-refractivity contribution in [2.75, 3.05) is 6.61 Å². The Bertz CT molecular complexity index is 674. The van der Waals surface area contributed by atoms with Crippen LogP contribution in [0.3, 0.4) is 0 Å². The molecule has 3 rings (SSSR count). The molecule has 0 saturated heterocycles. The van der Waals surface area contributed by atoms with Gasteiger partial charge in [0.2, 0.25) is 0 Å². The van der Waals surface area contributed by atoms with Gasteiger partial charge in [-0.3, -0.25) is 0 Å². The second-order valence-electron chi connectivity index (χ2n) is 9.03. The molecule has 2 nitrogen and oxygen atoms in total. The Morgan fingerprint density at radius 2 is 1.69 bits per heavy atom. The van der Waals surface area contributed by atoms with Crippen LogP contribution in [0.5, 0.6) is 0 Å². The van der Waals surface area contributed by atoms with Crippen molar-refractivity contribution >= 4 is 0 Å². The van der Waals surface area contributed by atoms with Crippen LogP contribution in [0.1, 0.15) is 88.2 Å². The maximum Gasteiger partial charge on any atom is 0.196 e. The number of nitriles is 1. The van der Waals surface area contributed by atoms with Gasteiger partial charge in [0.15, 0.2) is 5.83 Å². The summed E-state index contributed by atoms with van der Waals surface area (Å²) in [7, 11) is 0. The summed E-state index contributed by atoms with van der Waals surface area (Å²) < 4.78 is 19.1. The molecule has 1 aromatic rings. The SMILES string of the molecule is CCc1ccc([C@H]2CC[C@H](CO[C@H]3CC[C@H](CCC=C(F)C#N)CC3)CC2)cc1. The van der Waals surface area contributed by atoms with Gasteiger partial charge >= 0.3 is 0 Å². The molecule has 158 valence electrons. The second kappa shape index (κ2) is 11.5. The summed E-state index contributed by atoms with van der Waals surface area (Å²) in [6.45, 7) is 3.13. The minimum atomic E-state index is -0.644. The lowest BCUT2D eigenvalue weighted by molar-refractivity contribution is -0.00824. The topological polar surface area (TPSA) is 33.0 Å². The number of halogens is 1. The van der Waals surface area contributed by atoms with Crippen LogP contribution in [0.15, 0.2) is 36.2 Å². The molecule has 0 spiro atoms. The molecule has 0 aliphatic heterocycles. The van der Waals surface area contributed by atoms with Gasteiger partial charge in [-0.1, -0.05) is 31.2 Å². The molecular formula is C26H36FNO. The average Bonchev–Trinajstić information content (AvgIpc) is 2.79. The van der Waals surface area contributed by atoms with E-state index in [4.69, 9.17) is 10.00 Å². The third-order valence-corrected chi connectivity index (χ3v) is 7.07. The molecule has 0 radical (unpaired) electrons. The van der Waals surface area contributed by atoms with Crippen LogP contribution >= 0.6 is 0 Å². The highest BCUT2D eigenvalue weighted by Gasteiger charge is 2.25. The maximum absolute atomic E-state index is 12.9. The van der Waals surface area contributed by atoms with E-state index in [-0.39, 0.29) is 0 Å². The van der Waals surface area contributed by atoms with E-state index in [1.165, 1.54) is 55.7 Å². The van der Waals surface area contributed by atoms with Crippen molar-refractivity contribution in [3.8, 4) is 6.07 Å². The van der Waals surface area contributed by atoms with Crippen molar-refractivity contribution in [3.63, 3.8) is 0 Å². The van der Waals surface area contributed by atoms with Gasteiger partial charge in [0, 0.05) is 6.61 Å². The molecule has 3 heteroatoms. The Balaban J connectivity index is 1.30. The summed E-state index contributed by atoms with van der Waals surface area (Å²) in [5.41, 5.74) is 2.95. The van der Waals surface area contributed by atoms with E-state index in [9.17, 15) is 4.39 Å². The molecule has 0 amide bonds. The van der Waals surface area contributed by atoms with Crippen LogP contribution < -0.4 is 0 Å². The van der Waals surface area contributed by atoms with Crippen LogP contribution in [0.25, 0.3) is 0 Å². The summed E-state index contributed by atoms with van der Waals surface area (Å²) in [6, 6.07) is 10.8. The van der Waals surface area contributed by atoms with Crippen LogP contribution in [0.2, 0.25) is 0 Å². The first-order chi connectivity index (χ1) is 14.2. The highest BCUT2D eigenvalue weighted by Crippen LogP contribution is 2.37. The summed E-state index contributed by atoms with van der Waals surface area (Å²) in [6.07, 6.45) is 14.4. The monoisotopic (exact) mass is 397 g/mol. The first kappa shape index (κ1) is 22.0. The van der Waals surface area contributed by atoms with E-state index in [1.54, 1.807) is 6.07 Å². The normalized spacial score (nSPS) is 28.1. The number of rotatable bonds is 8. The summed E-state index contributed by atoms with van der Waals surface area (Å²) in [5.74, 6) is 1.47. The lowest BCUT2D eigenvalue weighted by Gasteiger charge is -2.32. The molecule has 1 aromatic carbocycles. The first-order valence-electron chi connectivity index (χ1n) is 11.6. The Labute approximate surface area is 176 Å². The molecule has 29 heavy (non-hydrogen) atoms. The predicted molar refractivity (Wildman–Crippen MR) is 116 cm³/mol. The van der Waals surface area contributed by atoms with Crippen molar-refractivity contribution in [3.05, 3.63) is 47.3 Å². The van der Waals surface area contributed by atoms with Crippen LogP contribution in [-0.4, -0.2) is 12.7 Å². The smallest absolute Gasteiger partial charge is 0.196 e. The molecule has 0 atom stereocenters. The quantitative estimate of drug-likeness (QED) is 0.433. The molecule has 0 heterocycles. The molecule has 2 aliphatic rings. The number of aryl methyl sites for hydroxylation is 1. The van der Waals surface area contributed by atoms with E-state index < -0.39 is 5.83 Å². The fourth-order valence-electron chi connectivity index (χ4n) is 5.04. The predicted octanol–water partition coefficient (Wildman–Crippen LogP) is 7.26. The minimum Gasteiger partial charge on any atom is -0.378 e. The lowest BCUT2D eigenvalue weighted by Crippen LogP contribution is -2.25. The van der Waals surface area contributed by atoms with E-state index in [2.05, 4.69) is 31.2 Å². The number of hydrogen-bond acceptors (Lipinski definition) is 2. The molecular weight excluding hydrogens is 361 g/mol. The van der Waals surface area contributed by atoms with Crippen molar-refractivity contribution < 1.29 is 9.13 Å². The summed E-state index contributed by atoms with van der Waals surface area (Å²) >= 11 is 0. The molecule has 0 N–H and O–H groups in total. The Morgan fingerprint density at radius 1 is 1.03 bits per heavy atom. The van der Waals surface area contributed by atoms with Crippen molar-refractivity contribution in [1.29, 1.82) is 5.26 Å². The zero-order valence-electron chi connectivity index (χ0n) is 17.9. The van der Waals surface area contributed by atoms with E-state index in [1.807, 2.05) is 0 Å². The van der Waals surface area contributed by atoms with E-state index >= 15 is 0 Å². The molecule has 2 fully saturated rings. The highest BCUT2D eigenvalue weighted by molar-refractivity contribution is 5.25. The molecule has 2 aliphatic carbocycles. The zero-order chi connectivity index (χ0) is 20.5. The Hall–Kier alpha value is -1.66. The van der Waals surface area contributed by atoms with Gasteiger partial charge in [-0.05, 0) is 106 Å². The number of ether oxygens (including phenoxy) is 1. The third kappa shape index (κ3) is 6.96. The maximum atomic E-state index is 12.9. The van der Waals surface area contributed by atoms with Gasteiger partial charge in [-0.2, -0.15) is 9.65 Å². The Morgan fingerprint density at radius 3 is 2.31 bits per heavy atom. The second-order valence-corrected chi connectivity index (χ2v) is 9.03. The van der Waals surface area contributed by atoms with Crippen molar-refractivity contribution in [1.82, 2.24) is 0 Å². The van der Waals surface area contributed by atoms with Crippen LogP contribution in [-0.2, 0) is 11.2 Å². The first-order valence-corrected chi connectivity index (χ1v) is 11.6. The number of nitrogens with zero attached hydrogens (tertiary/aromatic N) is 1. The van der Waals surface area contributed by atoms with Gasteiger partial charge in [0.1, 0.15) is 6.07 Å². The third-order valence-electron chi connectivity index (χ3n) is 7.07. The average molecular weight is 398 g/mol. The molecule has 0 aromatic heterocycles. The number of allylic oxidation sites excluding steroid dienone is 2. The molecule has 0 unspecified atom stereocenters. The van der Waals surface area contributed by atoms with Crippen LogP contribution in [0, 0.1) is 23.2 Å². The fourth-order valence-corrected chi connectivity index (χ4v) is 5.04. The summed E-state index contributed by atoms with van der Waals surface area (Å²) in [4.78, 5) is 0. The Kier molecular flexibility index (Phi) is 8.74. The largest absolute Gasteiger partial charge is 0.378 e. The van der Waals surface area contributed by atoms with Crippen molar-refractivity contribution in [2.24, 2.45) is 11.8 Å². The van der Waals surface area contributed by atoms with Gasteiger partial charge in [0.05, 0.1) is 6.10 Å². The van der Waals surface area contributed by atoms with Gasteiger partial charge in [-0.15, -0.1) is 0 Å². The number of hydrogen-bond donors (Lipinski definition) is 0. The highest BCUT2D eigenvalue weighted by atomic mass is 19.1. The summed E-state index contributed by atoms with van der Waals surface area (Å²) in [5, 5.41) is 8.45. The van der Waals surface area contributed by atoms with Gasteiger partial charge < -0.3 is 4.74 Å². The molecule has 2 saturated carbocycles. The van der Waals surface area contributed by atoms with Crippen LogP contribution in [0.4, 0.5) is 4.39 Å². The van der Waals surface area contributed by atoms with Crippen molar-refractivity contribution in [2.45, 2.75) is 89.6 Å². The van der Waals surface area contributed by atoms with Gasteiger partial charge in [-0.25, -0.2) is 0 Å². The number of benzene rings is 1. The van der Waals surface area contributed by atoms with E-state index in [0.717, 1.165) is 44.1 Å². The molecule has 0 bridgehead atoms. The fraction of sp³-hybridized carbons (Fsp3) is 0.654. The zero-order valence-corrected chi connectivity index (χ0v) is 17.9.